The van der Waals surface area contributed by atoms with E-state index in [1.165, 1.54) is 4.90 Å². The Morgan fingerprint density at radius 1 is 0.941 bits per heavy atom. The largest absolute Gasteiger partial charge is 0.352 e. The molecule has 0 spiro atoms. The summed E-state index contributed by atoms with van der Waals surface area (Å²) in [6, 6.07) is 16.0. The van der Waals surface area contributed by atoms with Crippen molar-refractivity contribution in [3.8, 4) is 0 Å². The van der Waals surface area contributed by atoms with Crippen LogP contribution in [-0.4, -0.2) is 58.6 Å². The van der Waals surface area contributed by atoms with Gasteiger partial charge in [0.05, 0.1) is 11.1 Å². The first-order valence-electron chi connectivity index (χ1n) is 11.9. The molecule has 3 rings (SSSR count). The van der Waals surface area contributed by atoms with E-state index in [0.29, 0.717) is 30.5 Å². The fourth-order valence-electron chi connectivity index (χ4n) is 4.01. The maximum atomic E-state index is 13.2. The van der Waals surface area contributed by atoms with Crippen molar-refractivity contribution < 1.29 is 19.2 Å². The first-order chi connectivity index (χ1) is 16.3. The van der Waals surface area contributed by atoms with Crippen molar-refractivity contribution in [2.45, 2.75) is 58.5 Å². The van der Waals surface area contributed by atoms with Crippen LogP contribution in [0.15, 0.2) is 54.6 Å². The molecule has 180 valence electrons. The van der Waals surface area contributed by atoms with E-state index in [1.807, 2.05) is 44.2 Å². The maximum absolute atomic E-state index is 13.2. The number of hydrogen-bond donors (Lipinski definition) is 1. The predicted molar refractivity (Wildman–Crippen MR) is 130 cm³/mol. The summed E-state index contributed by atoms with van der Waals surface area (Å²) in [7, 11) is 0. The molecule has 0 fully saturated rings. The Balaban J connectivity index is 1.62. The molecular formula is C27H33N3O4. The van der Waals surface area contributed by atoms with Crippen LogP contribution in [0.1, 0.15) is 66.3 Å². The second kappa shape index (κ2) is 11.6. The third-order valence-corrected chi connectivity index (χ3v) is 6.30. The molecule has 4 amide bonds. The lowest BCUT2D eigenvalue weighted by Gasteiger charge is -2.30. The van der Waals surface area contributed by atoms with Crippen LogP contribution in [0.3, 0.4) is 0 Å². The predicted octanol–water partition coefficient (Wildman–Crippen LogP) is 3.44. The quantitative estimate of drug-likeness (QED) is 0.517. The van der Waals surface area contributed by atoms with Gasteiger partial charge in [0.15, 0.2) is 0 Å². The topological polar surface area (TPSA) is 86.8 Å². The van der Waals surface area contributed by atoms with Gasteiger partial charge in [-0.15, -0.1) is 0 Å². The second-order valence-electron chi connectivity index (χ2n) is 8.73. The van der Waals surface area contributed by atoms with Crippen molar-refractivity contribution in [2.75, 3.05) is 13.1 Å². The van der Waals surface area contributed by atoms with Crippen LogP contribution in [0, 0.1) is 0 Å². The Morgan fingerprint density at radius 2 is 1.53 bits per heavy atom. The summed E-state index contributed by atoms with van der Waals surface area (Å²) < 4.78 is 0. The number of nitrogens with one attached hydrogen (secondary N) is 1. The van der Waals surface area contributed by atoms with Crippen molar-refractivity contribution in [3.63, 3.8) is 0 Å². The lowest BCUT2D eigenvalue weighted by molar-refractivity contribution is -0.140. The zero-order valence-electron chi connectivity index (χ0n) is 20.1. The number of fused-ring (bicyclic) bond motifs is 1. The molecule has 1 N–H and O–H groups in total. The Morgan fingerprint density at radius 3 is 2.12 bits per heavy atom. The van der Waals surface area contributed by atoms with E-state index >= 15 is 0 Å². The van der Waals surface area contributed by atoms with Gasteiger partial charge < -0.3 is 10.2 Å². The van der Waals surface area contributed by atoms with Crippen molar-refractivity contribution in [1.82, 2.24) is 15.1 Å². The van der Waals surface area contributed by atoms with Crippen molar-refractivity contribution >= 4 is 23.6 Å². The summed E-state index contributed by atoms with van der Waals surface area (Å²) in [5.41, 5.74) is 1.89. The molecule has 0 saturated heterocycles. The van der Waals surface area contributed by atoms with Gasteiger partial charge in [-0.2, -0.15) is 0 Å². The highest BCUT2D eigenvalue weighted by Gasteiger charge is 2.35. The molecule has 2 aromatic rings. The zero-order chi connectivity index (χ0) is 24.7. The monoisotopic (exact) mass is 463 g/mol. The number of hydrogen-bond acceptors (Lipinski definition) is 4. The van der Waals surface area contributed by atoms with Gasteiger partial charge in [-0.05, 0) is 50.8 Å². The Kier molecular flexibility index (Phi) is 8.57. The number of imide groups is 1. The number of benzene rings is 2. The number of amides is 4. The minimum atomic E-state index is -0.621. The van der Waals surface area contributed by atoms with E-state index in [4.69, 9.17) is 0 Å². The standard InChI is InChI=1S/C27H33N3O4/c1-4-19(2)28-25(32)20(3)29(18-16-21-11-6-5-7-12-21)24(31)15-10-17-30-26(33)22-13-8-9-14-23(22)27(30)34/h5-9,11-14,19-20H,4,10,15-18H2,1-3H3,(H,28,32)/t19-,20+/m0/s1. The van der Waals surface area contributed by atoms with E-state index in [0.717, 1.165) is 12.0 Å². The molecule has 0 bridgehead atoms. The Labute approximate surface area is 201 Å². The molecule has 2 atom stereocenters. The molecule has 2 aromatic carbocycles. The van der Waals surface area contributed by atoms with E-state index < -0.39 is 6.04 Å². The SMILES string of the molecule is CC[C@H](C)NC(=O)[C@@H](C)N(CCc1ccccc1)C(=O)CCCN1C(=O)c2ccccc2C1=O. The van der Waals surface area contributed by atoms with Gasteiger partial charge in [0.25, 0.3) is 11.8 Å². The minimum Gasteiger partial charge on any atom is -0.352 e. The van der Waals surface area contributed by atoms with Gasteiger partial charge in [0.1, 0.15) is 6.04 Å². The Bertz CT molecular complexity index is 1000. The van der Waals surface area contributed by atoms with Crippen LogP contribution in [0.4, 0.5) is 0 Å². The summed E-state index contributed by atoms with van der Waals surface area (Å²) in [5.74, 6) is -0.999. The van der Waals surface area contributed by atoms with E-state index in [2.05, 4.69) is 5.32 Å². The summed E-state index contributed by atoms with van der Waals surface area (Å²) in [6.07, 6.45) is 1.91. The first-order valence-corrected chi connectivity index (χ1v) is 11.9. The fraction of sp³-hybridized carbons (Fsp3) is 0.407. The van der Waals surface area contributed by atoms with Crippen molar-refractivity contribution in [2.24, 2.45) is 0 Å². The van der Waals surface area contributed by atoms with Gasteiger partial charge in [-0.25, -0.2) is 0 Å². The third kappa shape index (κ3) is 5.90. The molecule has 7 heteroatoms. The highest BCUT2D eigenvalue weighted by atomic mass is 16.2. The molecule has 0 radical (unpaired) electrons. The average molecular weight is 464 g/mol. The second-order valence-corrected chi connectivity index (χ2v) is 8.73. The van der Waals surface area contributed by atoms with E-state index in [9.17, 15) is 19.2 Å². The number of rotatable bonds is 11. The van der Waals surface area contributed by atoms with E-state index in [1.54, 1.807) is 36.1 Å². The van der Waals surface area contributed by atoms with Crippen LogP contribution in [0.2, 0.25) is 0 Å². The van der Waals surface area contributed by atoms with Gasteiger partial charge in [0.2, 0.25) is 11.8 Å². The molecule has 34 heavy (non-hydrogen) atoms. The molecule has 0 saturated carbocycles. The fourth-order valence-corrected chi connectivity index (χ4v) is 4.01. The highest BCUT2D eigenvalue weighted by Crippen LogP contribution is 2.22. The molecule has 0 aromatic heterocycles. The average Bonchev–Trinajstić information content (AvgIpc) is 3.09. The van der Waals surface area contributed by atoms with Crippen LogP contribution in [0.5, 0.6) is 0 Å². The molecule has 1 heterocycles. The highest BCUT2D eigenvalue weighted by molar-refractivity contribution is 6.21. The lowest BCUT2D eigenvalue weighted by Crippen LogP contribution is -2.50. The lowest BCUT2D eigenvalue weighted by atomic mass is 10.1. The Hall–Kier alpha value is -3.48. The van der Waals surface area contributed by atoms with Crippen molar-refractivity contribution in [1.29, 1.82) is 0 Å². The normalized spacial score (nSPS) is 14.5. The summed E-state index contributed by atoms with van der Waals surface area (Å²) >= 11 is 0. The molecule has 1 aliphatic rings. The van der Waals surface area contributed by atoms with Crippen LogP contribution in [0.25, 0.3) is 0 Å². The van der Waals surface area contributed by atoms with Gasteiger partial charge >= 0.3 is 0 Å². The number of nitrogens with zero attached hydrogens (tertiary/aromatic N) is 2. The molecule has 0 unspecified atom stereocenters. The third-order valence-electron chi connectivity index (χ3n) is 6.30. The van der Waals surface area contributed by atoms with E-state index in [-0.39, 0.29) is 42.6 Å². The van der Waals surface area contributed by atoms with Crippen molar-refractivity contribution in [3.05, 3.63) is 71.3 Å². The van der Waals surface area contributed by atoms with Crippen LogP contribution in [-0.2, 0) is 16.0 Å². The minimum absolute atomic E-state index is 0.0230. The van der Waals surface area contributed by atoms with Gasteiger partial charge in [-0.3, -0.25) is 24.1 Å². The zero-order valence-corrected chi connectivity index (χ0v) is 20.1. The molecule has 7 nitrogen and oxygen atoms in total. The van der Waals surface area contributed by atoms with Gasteiger partial charge in [0, 0.05) is 25.6 Å². The smallest absolute Gasteiger partial charge is 0.261 e. The van der Waals surface area contributed by atoms with Crippen LogP contribution >= 0.6 is 0 Å². The van der Waals surface area contributed by atoms with Crippen LogP contribution < -0.4 is 5.32 Å². The number of carbonyl (C=O) groups excluding carboxylic acids is 4. The molecule has 1 aliphatic heterocycles. The first kappa shape index (κ1) is 25.1. The summed E-state index contributed by atoms with van der Waals surface area (Å²) in [4.78, 5) is 53.9. The number of carbonyl (C=O) groups is 4. The summed E-state index contributed by atoms with van der Waals surface area (Å²) in [6.45, 7) is 6.24. The molecular weight excluding hydrogens is 430 g/mol. The summed E-state index contributed by atoms with van der Waals surface area (Å²) in [5, 5.41) is 2.96. The van der Waals surface area contributed by atoms with Gasteiger partial charge in [-0.1, -0.05) is 49.4 Å². The molecule has 0 aliphatic carbocycles. The maximum Gasteiger partial charge on any atom is 0.261 e.